The zero-order valence-electron chi connectivity index (χ0n) is 18.9. The topological polar surface area (TPSA) is 93.1 Å². The molecule has 0 spiro atoms. The summed E-state index contributed by atoms with van der Waals surface area (Å²) in [7, 11) is -2.71. The van der Waals surface area contributed by atoms with Crippen molar-refractivity contribution in [2.24, 2.45) is 0 Å². The second-order valence-corrected chi connectivity index (χ2v) is 13.0. The summed E-state index contributed by atoms with van der Waals surface area (Å²) >= 11 is 0. The summed E-state index contributed by atoms with van der Waals surface area (Å²) in [5.74, 6) is -2.25. The molecular weight excluding hydrogens is 436 g/mol. The fraction of sp³-hybridized carbons (Fsp3) is 0.231. The van der Waals surface area contributed by atoms with Crippen LogP contribution in [0.3, 0.4) is 0 Å². The maximum atomic E-state index is 11.3. The fourth-order valence-electron chi connectivity index (χ4n) is 4.05. The van der Waals surface area contributed by atoms with E-state index in [0.717, 1.165) is 16.4 Å². The number of hydrogen-bond donors (Lipinski definition) is 2. The predicted molar refractivity (Wildman–Crippen MR) is 129 cm³/mol. The second-order valence-electron chi connectivity index (χ2n) is 8.72. The fourth-order valence-corrected chi connectivity index (χ4v) is 8.59. The molecule has 3 rings (SSSR count). The lowest BCUT2D eigenvalue weighted by atomic mass is 10.1. The number of carbonyl (C=O) groups is 2. The van der Waals surface area contributed by atoms with Crippen molar-refractivity contribution < 1.29 is 29.0 Å². The number of carboxylic acid groups (broad SMARTS) is 2. The summed E-state index contributed by atoms with van der Waals surface area (Å²) in [6.45, 7) is 6.93. The van der Waals surface area contributed by atoms with Crippen molar-refractivity contribution >= 4 is 30.6 Å². The second kappa shape index (κ2) is 10.0. The smallest absolute Gasteiger partial charge is 0.335 e. The third kappa shape index (κ3) is 5.32. The van der Waals surface area contributed by atoms with E-state index in [1.807, 2.05) is 36.4 Å². The van der Waals surface area contributed by atoms with Crippen LogP contribution in [-0.4, -0.2) is 43.7 Å². The summed E-state index contributed by atoms with van der Waals surface area (Å²) < 4.78 is 12.5. The number of ether oxygens (including phenoxy) is 1. The van der Waals surface area contributed by atoms with Gasteiger partial charge in [-0.05, 0) is 33.6 Å². The Morgan fingerprint density at radius 3 is 1.61 bits per heavy atom. The number of benzene rings is 3. The van der Waals surface area contributed by atoms with Gasteiger partial charge in [0.25, 0.3) is 8.32 Å². The molecule has 6 nitrogen and oxygen atoms in total. The van der Waals surface area contributed by atoms with E-state index in [0.29, 0.717) is 0 Å². The Hall–Kier alpha value is -3.42. The average molecular weight is 465 g/mol. The van der Waals surface area contributed by atoms with Gasteiger partial charge in [0, 0.05) is 0 Å². The van der Waals surface area contributed by atoms with Gasteiger partial charge in [-0.1, -0.05) is 81.4 Å². The molecule has 0 aliphatic rings. The van der Waals surface area contributed by atoms with Crippen LogP contribution >= 0.6 is 0 Å². The first-order valence-corrected chi connectivity index (χ1v) is 12.6. The highest BCUT2D eigenvalue weighted by Crippen LogP contribution is 2.36. The molecule has 0 radical (unpaired) electrons. The molecule has 0 aliphatic heterocycles. The summed E-state index contributed by atoms with van der Waals surface area (Å²) in [5.41, 5.74) is -0.282. The first-order chi connectivity index (χ1) is 15.6. The maximum Gasteiger partial charge on any atom is 0.335 e. The van der Waals surface area contributed by atoms with Crippen molar-refractivity contribution in [3.63, 3.8) is 0 Å². The highest BCUT2D eigenvalue weighted by molar-refractivity contribution is 6.99. The molecule has 0 atom stereocenters. The Morgan fingerprint density at radius 1 is 0.758 bits per heavy atom. The van der Waals surface area contributed by atoms with Crippen molar-refractivity contribution in [3.8, 4) is 5.75 Å². The standard InChI is InChI=1S/C26H28O6Si/c1-26(2,3)33(22-10-6-4-7-11-22,23-12-8-5-9-13-23)32-15-14-31-21-17-19(24(27)28)16-20(18-21)25(29)30/h4-13,16-18H,14-15H2,1-3H3,(H,27,28)(H,29,30). The van der Waals surface area contributed by atoms with E-state index in [2.05, 4.69) is 45.0 Å². The van der Waals surface area contributed by atoms with Gasteiger partial charge in [-0.3, -0.25) is 0 Å². The van der Waals surface area contributed by atoms with Gasteiger partial charge in [0.15, 0.2) is 0 Å². The van der Waals surface area contributed by atoms with E-state index in [1.54, 1.807) is 0 Å². The molecule has 0 aliphatic carbocycles. The van der Waals surface area contributed by atoms with Gasteiger partial charge >= 0.3 is 11.9 Å². The molecule has 172 valence electrons. The SMILES string of the molecule is CC(C)(C)[Si](OCCOc1cc(C(=O)O)cc(C(=O)O)c1)(c1ccccc1)c1ccccc1. The summed E-state index contributed by atoms with van der Waals surface area (Å²) in [6.07, 6.45) is 0. The van der Waals surface area contributed by atoms with Gasteiger partial charge < -0.3 is 19.4 Å². The number of rotatable bonds is 9. The lowest BCUT2D eigenvalue weighted by molar-refractivity contribution is 0.0696. The zero-order chi connectivity index (χ0) is 24.1. The summed E-state index contributed by atoms with van der Waals surface area (Å²) in [4.78, 5) is 22.7. The van der Waals surface area contributed by atoms with E-state index < -0.39 is 20.3 Å². The molecule has 0 amide bonds. The van der Waals surface area contributed by atoms with Crippen molar-refractivity contribution in [1.29, 1.82) is 0 Å². The highest BCUT2D eigenvalue weighted by Gasteiger charge is 2.50. The Morgan fingerprint density at radius 2 is 1.21 bits per heavy atom. The Kier molecular flexibility index (Phi) is 7.35. The number of hydrogen-bond acceptors (Lipinski definition) is 4. The Bertz CT molecular complexity index is 1030. The third-order valence-electron chi connectivity index (χ3n) is 5.49. The Labute approximate surface area is 194 Å². The molecule has 0 fully saturated rings. The molecule has 0 heterocycles. The maximum absolute atomic E-state index is 11.3. The minimum Gasteiger partial charge on any atom is -0.491 e. The molecule has 3 aromatic rings. The normalized spacial score (nSPS) is 11.7. The lowest BCUT2D eigenvalue weighted by Crippen LogP contribution is -2.66. The molecule has 7 heteroatoms. The summed E-state index contributed by atoms with van der Waals surface area (Å²) in [6, 6.07) is 24.1. The van der Waals surface area contributed by atoms with Gasteiger partial charge in [-0.2, -0.15) is 0 Å². The zero-order valence-corrected chi connectivity index (χ0v) is 19.9. The third-order valence-corrected chi connectivity index (χ3v) is 10.5. The molecule has 33 heavy (non-hydrogen) atoms. The van der Waals surface area contributed by atoms with Crippen LogP contribution in [-0.2, 0) is 4.43 Å². The van der Waals surface area contributed by atoms with E-state index >= 15 is 0 Å². The average Bonchev–Trinajstić information content (AvgIpc) is 2.79. The van der Waals surface area contributed by atoms with Crippen LogP contribution in [0.25, 0.3) is 0 Å². The van der Waals surface area contributed by atoms with Gasteiger partial charge in [-0.15, -0.1) is 0 Å². The molecule has 0 saturated heterocycles. The van der Waals surface area contributed by atoms with Crippen molar-refractivity contribution in [2.45, 2.75) is 25.8 Å². The van der Waals surface area contributed by atoms with E-state index in [-0.39, 0.29) is 35.1 Å². The van der Waals surface area contributed by atoms with Crippen molar-refractivity contribution in [2.75, 3.05) is 13.2 Å². The van der Waals surface area contributed by atoms with E-state index in [1.165, 1.54) is 12.1 Å². The molecule has 0 bridgehead atoms. The number of carboxylic acids is 2. The quantitative estimate of drug-likeness (QED) is 0.367. The largest absolute Gasteiger partial charge is 0.491 e. The molecule has 0 saturated carbocycles. The Balaban J connectivity index is 1.88. The highest BCUT2D eigenvalue weighted by atomic mass is 28.4. The molecular formula is C26H28O6Si. The first-order valence-electron chi connectivity index (χ1n) is 10.6. The van der Waals surface area contributed by atoms with Gasteiger partial charge in [0.2, 0.25) is 0 Å². The summed E-state index contributed by atoms with van der Waals surface area (Å²) in [5, 5.41) is 20.6. The number of aromatic carboxylic acids is 2. The van der Waals surface area contributed by atoms with Crippen LogP contribution in [0.15, 0.2) is 78.9 Å². The minimum absolute atomic E-state index is 0.141. The van der Waals surface area contributed by atoms with Crippen molar-refractivity contribution in [3.05, 3.63) is 90.0 Å². The van der Waals surface area contributed by atoms with Crippen LogP contribution < -0.4 is 15.1 Å². The molecule has 3 aromatic carbocycles. The molecule has 0 unspecified atom stereocenters. The van der Waals surface area contributed by atoms with Gasteiger partial charge in [0.1, 0.15) is 12.4 Å². The van der Waals surface area contributed by atoms with E-state index in [9.17, 15) is 19.8 Å². The predicted octanol–water partition coefficient (Wildman–Crippen LogP) is 4.04. The van der Waals surface area contributed by atoms with Crippen LogP contribution in [0.4, 0.5) is 0 Å². The molecule has 0 aromatic heterocycles. The molecule has 2 N–H and O–H groups in total. The van der Waals surface area contributed by atoms with Crippen LogP contribution in [0.1, 0.15) is 41.5 Å². The van der Waals surface area contributed by atoms with Gasteiger partial charge in [0.05, 0.1) is 17.7 Å². The van der Waals surface area contributed by atoms with Crippen LogP contribution in [0.5, 0.6) is 5.75 Å². The van der Waals surface area contributed by atoms with Crippen LogP contribution in [0, 0.1) is 0 Å². The van der Waals surface area contributed by atoms with Crippen LogP contribution in [0.2, 0.25) is 5.04 Å². The lowest BCUT2D eigenvalue weighted by Gasteiger charge is -2.43. The first kappa shape index (κ1) is 24.2. The monoisotopic (exact) mass is 464 g/mol. The van der Waals surface area contributed by atoms with Crippen molar-refractivity contribution in [1.82, 2.24) is 0 Å². The van der Waals surface area contributed by atoms with E-state index in [4.69, 9.17) is 9.16 Å². The minimum atomic E-state index is -2.71. The van der Waals surface area contributed by atoms with Gasteiger partial charge in [-0.25, -0.2) is 9.59 Å².